The molecule has 0 unspecified atom stereocenters. The Morgan fingerprint density at radius 1 is 1.18 bits per heavy atom. The van der Waals surface area contributed by atoms with Gasteiger partial charge in [-0.1, -0.05) is 18.2 Å². The standard InChI is InChI=1S/C27H22F3N5O5/c1-13-16-7-8-20(18(16)6-5-17(13)26(38)39)34-25(37)22-10-21(33-23-19(28)12-32-35(22)23)24(36)31-11-14-3-2-4-15(9-14)40-27(29)30/h2-6,9-10,12,20,27H,7-8,11H2,1H3,(H,31,36)(H,34,37)(H,38,39)/t20-/m0/s1. The second-order valence-electron chi connectivity index (χ2n) is 9.14. The number of nitrogens with zero attached hydrogens (tertiary/aromatic N) is 3. The Labute approximate surface area is 224 Å². The van der Waals surface area contributed by atoms with E-state index in [1.54, 1.807) is 19.1 Å². The number of carbonyl (C=O) groups excluding carboxylic acids is 2. The Morgan fingerprint density at radius 3 is 2.73 bits per heavy atom. The second-order valence-corrected chi connectivity index (χ2v) is 9.14. The Bertz CT molecular complexity index is 1660. The van der Waals surface area contributed by atoms with E-state index in [4.69, 9.17) is 0 Å². The van der Waals surface area contributed by atoms with Crippen LogP contribution < -0.4 is 15.4 Å². The molecule has 0 aliphatic heterocycles. The number of hydrogen-bond donors (Lipinski definition) is 3. The molecule has 0 saturated carbocycles. The molecule has 3 N–H and O–H groups in total. The summed E-state index contributed by atoms with van der Waals surface area (Å²) in [6.45, 7) is -1.36. The molecule has 2 amide bonds. The summed E-state index contributed by atoms with van der Waals surface area (Å²) < 4.78 is 44.8. The van der Waals surface area contributed by atoms with Crippen LogP contribution in [0, 0.1) is 12.7 Å². The fourth-order valence-corrected chi connectivity index (χ4v) is 4.81. The van der Waals surface area contributed by atoms with Gasteiger partial charge in [0.05, 0.1) is 17.8 Å². The van der Waals surface area contributed by atoms with E-state index >= 15 is 0 Å². The summed E-state index contributed by atoms with van der Waals surface area (Å²) in [7, 11) is 0. The van der Waals surface area contributed by atoms with E-state index in [-0.39, 0.29) is 34.9 Å². The summed E-state index contributed by atoms with van der Waals surface area (Å²) in [6, 6.07) is 9.65. The molecular formula is C27H22F3N5O5. The molecule has 206 valence electrons. The van der Waals surface area contributed by atoms with Crippen molar-refractivity contribution in [1.82, 2.24) is 25.2 Å². The molecule has 13 heteroatoms. The van der Waals surface area contributed by atoms with E-state index in [9.17, 15) is 32.7 Å². The Hall–Kier alpha value is -4.94. The van der Waals surface area contributed by atoms with E-state index in [1.165, 1.54) is 30.3 Å². The summed E-state index contributed by atoms with van der Waals surface area (Å²) in [5.41, 5.74) is 2.18. The molecule has 0 bridgehead atoms. The number of benzene rings is 2. The number of halogens is 3. The van der Waals surface area contributed by atoms with Crippen molar-refractivity contribution in [3.05, 3.63) is 93.7 Å². The first-order valence-corrected chi connectivity index (χ1v) is 12.1. The fraction of sp³-hybridized carbons (Fsp3) is 0.222. The average Bonchev–Trinajstić information content (AvgIpc) is 3.50. The van der Waals surface area contributed by atoms with Crippen LogP contribution in [0.5, 0.6) is 5.75 Å². The van der Waals surface area contributed by atoms with Gasteiger partial charge >= 0.3 is 12.6 Å². The predicted molar refractivity (Wildman–Crippen MR) is 134 cm³/mol. The van der Waals surface area contributed by atoms with Gasteiger partial charge in [0.25, 0.3) is 11.8 Å². The van der Waals surface area contributed by atoms with Crippen molar-refractivity contribution in [2.75, 3.05) is 0 Å². The second kappa shape index (κ2) is 10.7. The minimum Gasteiger partial charge on any atom is -0.478 e. The van der Waals surface area contributed by atoms with Crippen LogP contribution in [-0.4, -0.2) is 44.1 Å². The maximum Gasteiger partial charge on any atom is 0.387 e. The number of aromatic nitrogens is 3. The molecule has 2 heterocycles. The third kappa shape index (κ3) is 5.17. The highest BCUT2D eigenvalue weighted by molar-refractivity contribution is 5.98. The molecule has 1 aliphatic carbocycles. The number of nitrogens with one attached hydrogen (secondary N) is 2. The van der Waals surface area contributed by atoms with Crippen molar-refractivity contribution in [2.24, 2.45) is 0 Å². The molecule has 4 aromatic rings. The van der Waals surface area contributed by atoms with E-state index < -0.39 is 36.3 Å². The van der Waals surface area contributed by atoms with Gasteiger partial charge in [-0.25, -0.2) is 18.7 Å². The molecule has 0 saturated heterocycles. The lowest BCUT2D eigenvalue weighted by Crippen LogP contribution is -2.30. The van der Waals surface area contributed by atoms with Gasteiger partial charge in [-0.3, -0.25) is 9.59 Å². The van der Waals surface area contributed by atoms with Gasteiger partial charge in [-0.15, -0.1) is 0 Å². The number of carboxylic acid groups (broad SMARTS) is 1. The normalized spacial score (nSPS) is 14.3. The highest BCUT2D eigenvalue weighted by atomic mass is 19.3. The number of fused-ring (bicyclic) bond motifs is 2. The van der Waals surface area contributed by atoms with Crippen molar-refractivity contribution in [3.8, 4) is 5.75 Å². The van der Waals surface area contributed by atoms with Crippen LogP contribution in [0.3, 0.4) is 0 Å². The van der Waals surface area contributed by atoms with Gasteiger partial charge in [0.2, 0.25) is 0 Å². The fourth-order valence-electron chi connectivity index (χ4n) is 4.81. The van der Waals surface area contributed by atoms with Crippen LogP contribution >= 0.6 is 0 Å². The zero-order valence-corrected chi connectivity index (χ0v) is 21.0. The first-order chi connectivity index (χ1) is 19.1. The van der Waals surface area contributed by atoms with Gasteiger partial charge in [-0.2, -0.15) is 13.9 Å². The van der Waals surface area contributed by atoms with Gasteiger partial charge in [0, 0.05) is 12.6 Å². The van der Waals surface area contributed by atoms with Crippen molar-refractivity contribution in [2.45, 2.75) is 39.0 Å². The average molecular weight is 553 g/mol. The Kier molecular flexibility index (Phi) is 7.11. The van der Waals surface area contributed by atoms with E-state index in [1.807, 2.05) is 0 Å². The van der Waals surface area contributed by atoms with Crippen molar-refractivity contribution in [1.29, 1.82) is 0 Å². The van der Waals surface area contributed by atoms with Gasteiger partial charge in [0.1, 0.15) is 17.1 Å². The molecule has 1 atom stereocenters. The van der Waals surface area contributed by atoms with Gasteiger partial charge in [-0.05, 0) is 60.2 Å². The maximum absolute atomic E-state index is 14.4. The molecular weight excluding hydrogens is 531 g/mol. The molecule has 0 radical (unpaired) electrons. The molecule has 0 fully saturated rings. The smallest absolute Gasteiger partial charge is 0.387 e. The minimum atomic E-state index is -3.00. The first-order valence-electron chi connectivity index (χ1n) is 12.1. The number of carbonyl (C=O) groups is 3. The zero-order chi connectivity index (χ0) is 28.6. The van der Waals surface area contributed by atoms with Crippen LogP contribution in [0.1, 0.15) is 66.1 Å². The number of alkyl halides is 2. The van der Waals surface area contributed by atoms with Gasteiger partial charge in [0.15, 0.2) is 11.5 Å². The SMILES string of the molecule is Cc1c(C(=O)O)ccc2c1CC[C@@H]2NC(=O)c1cc(C(=O)NCc2cccc(OC(F)F)c2)nc2c(F)cnn12. The largest absolute Gasteiger partial charge is 0.478 e. The minimum absolute atomic E-state index is 0.0774. The Balaban J connectivity index is 1.38. The highest BCUT2D eigenvalue weighted by Crippen LogP contribution is 2.35. The van der Waals surface area contributed by atoms with Crippen LogP contribution in [0.25, 0.3) is 5.65 Å². The number of amides is 2. The lowest BCUT2D eigenvalue weighted by Gasteiger charge is -2.16. The molecule has 1 aliphatic rings. The third-order valence-electron chi connectivity index (χ3n) is 6.70. The molecule has 2 aromatic heterocycles. The number of carboxylic acids is 1. The van der Waals surface area contributed by atoms with E-state index in [0.717, 1.165) is 21.8 Å². The monoisotopic (exact) mass is 553 g/mol. The summed E-state index contributed by atoms with van der Waals surface area (Å²) in [4.78, 5) is 41.7. The van der Waals surface area contributed by atoms with Gasteiger partial charge < -0.3 is 20.5 Å². The summed E-state index contributed by atoms with van der Waals surface area (Å²) in [5, 5.41) is 18.7. The number of rotatable bonds is 8. The quantitative estimate of drug-likeness (QED) is 0.302. The van der Waals surface area contributed by atoms with Crippen molar-refractivity contribution >= 4 is 23.4 Å². The third-order valence-corrected chi connectivity index (χ3v) is 6.70. The van der Waals surface area contributed by atoms with E-state index in [2.05, 4.69) is 25.5 Å². The summed E-state index contributed by atoms with van der Waals surface area (Å²) in [5.74, 6) is -3.33. The lowest BCUT2D eigenvalue weighted by molar-refractivity contribution is -0.0499. The summed E-state index contributed by atoms with van der Waals surface area (Å²) >= 11 is 0. The number of aromatic carboxylic acids is 1. The number of ether oxygens (including phenoxy) is 1. The molecule has 10 nitrogen and oxygen atoms in total. The highest BCUT2D eigenvalue weighted by Gasteiger charge is 2.29. The molecule has 0 spiro atoms. The number of hydrogen-bond acceptors (Lipinski definition) is 6. The molecule has 5 rings (SSSR count). The molecule has 40 heavy (non-hydrogen) atoms. The maximum atomic E-state index is 14.4. The zero-order valence-electron chi connectivity index (χ0n) is 21.0. The van der Waals surface area contributed by atoms with Crippen molar-refractivity contribution < 1.29 is 37.4 Å². The predicted octanol–water partition coefficient (Wildman–Crippen LogP) is 3.82. The lowest BCUT2D eigenvalue weighted by atomic mass is 9.98. The van der Waals surface area contributed by atoms with Crippen molar-refractivity contribution in [3.63, 3.8) is 0 Å². The molecule has 2 aromatic carbocycles. The topological polar surface area (TPSA) is 135 Å². The Morgan fingerprint density at radius 2 is 1.98 bits per heavy atom. The van der Waals surface area contributed by atoms with Crippen LogP contribution in [-0.2, 0) is 13.0 Å². The van der Waals surface area contributed by atoms with Crippen LogP contribution in [0.2, 0.25) is 0 Å². The summed E-state index contributed by atoms with van der Waals surface area (Å²) in [6.07, 6.45) is 1.96. The van der Waals surface area contributed by atoms with Crippen LogP contribution in [0.4, 0.5) is 13.2 Å². The first kappa shape index (κ1) is 26.7. The van der Waals surface area contributed by atoms with Crippen LogP contribution in [0.15, 0.2) is 48.7 Å². The van der Waals surface area contributed by atoms with E-state index in [0.29, 0.717) is 24.0 Å².